The maximum Gasteiger partial charge on any atom is 0.227 e. The van der Waals surface area contributed by atoms with E-state index in [1.54, 1.807) is 17.1 Å². The summed E-state index contributed by atoms with van der Waals surface area (Å²) in [6.45, 7) is 4.64. The van der Waals surface area contributed by atoms with E-state index in [0.717, 1.165) is 50.3 Å². The quantitative estimate of drug-likeness (QED) is 0.613. The lowest BCUT2D eigenvalue weighted by Crippen LogP contribution is -2.43. The number of piperazine rings is 1. The Morgan fingerprint density at radius 3 is 2.65 bits per heavy atom. The van der Waals surface area contributed by atoms with Crippen LogP contribution >= 0.6 is 11.6 Å². The zero-order valence-electron chi connectivity index (χ0n) is 17.1. The lowest BCUT2D eigenvalue weighted by Gasteiger charge is -2.29. The van der Waals surface area contributed by atoms with Crippen LogP contribution in [0.3, 0.4) is 0 Å². The van der Waals surface area contributed by atoms with Crippen molar-refractivity contribution in [3.8, 4) is 17.3 Å². The van der Waals surface area contributed by atoms with E-state index in [1.165, 1.54) is 5.69 Å². The topological polar surface area (TPSA) is 94.7 Å². The van der Waals surface area contributed by atoms with Gasteiger partial charge in [-0.3, -0.25) is 4.68 Å². The predicted octanol–water partition coefficient (Wildman–Crippen LogP) is 3.45. The minimum absolute atomic E-state index is 0.262. The molecule has 1 aromatic carbocycles. The highest BCUT2D eigenvalue weighted by atomic mass is 35.5. The van der Waals surface area contributed by atoms with Crippen LogP contribution in [-0.2, 0) is 6.54 Å². The second kappa shape index (κ2) is 8.17. The monoisotopic (exact) mass is 434 g/mol. The highest BCUT2D eigenvalue weighted by molar-refractivity contribution is 6.32. The van der Waals surface area contributed by atoms with Gasteiger partial charge in [0.15, 0.2) is 0 Å². The smallest absolute Gasteiger partial charge is 0.227 e. The Kier molecular flexibility index (Phi) is 5.22. The third-order valence-corrected chi connectivity index (χ3v) is 6.09. The van der Waals surface area contributed by atoms with Gasteiger partial charge in [0.05, 0.1) is 41.1 Å². The molecule has 0 spiro atoms. The van der Waals surface area contributed by atoms with Gasteiger partial charge in [-0.25, -0.2) is 9.97 Å². The van der Waals surface area contributed by atoms with Crippen molar-refractivity contribution >= 4 is 28.9 Å². The number of nitrogens with zero attached hydrogens (tertiary/aromatic N) is 6. The van der Waals surface area contributed by atoms with Crippen LogP contribution in [-0.4, -0.2) is 45.9 Å². The third-order valence-electron chi connectivity index (χ3n) is 5.81. The van der Waals surface area contributed by atoms with Crippen LogP contribution in [0.4, 0.5) is 17.3 Å². The second-order valence-corrected chi connectivity index (χ2v) is 8.52. The molecule has 0 atom stereocenters. The number of halogens is 1. The average Bonchev–Trinajstić information content (AvgIpc) is 3.44. The number of nitrogens with one attached hydrogen (secondary N) is 2. The number of anilines is 3. The highest BCUT2D eigenvalue weighted by Crippen LogP contribution is 2.46. The van der Waals surface area contributed by atoms with E-state index in [9.17, 15) is 5.26 Å². The molecule has 1 saturated carbocycles. The summed E-state index contributed by atoms with van der Waals surface area (Å²) >= 11 is 6.37. The zero-order chi connectivity index (χ0) is 21.3. The summed E-state index contributed by atoms with van der Waals surface area (Å²) in [7, 11) is 0. The Bertz CT molecular complexity index is 1110. The third kappa shape index (κ3) is 4.33. The first kappa shape index (κ1) is 19.8. The van der Waals surface area contributed by atoms with Crippen molar-refractivity contribution in [3.05, 3.63) is 47.9 Å². The van der Waals surface area contributed by atoms with Gasteiger partial charge in [-0.1, -0.05) is 11.6 Å². The maximum atomic E-state index is 9.31. The molecule has 0 unspecified atom stereocenters. The van der Waals surface area contributed by atoms with Crippen molar-refractivity contribution in [1.82, 2.24) is 25.1 Å². The van der Waals surface area contributed by atoms with E-state index in [1.807, 2.05) is 18.3 Å². The molecule has 3 aromatic rings. The van der Waals surface area contributed by atoms with Gasteiger partial charge in [0.2, 0.25) is 5.95 Å². The number of benzene rings is 1. The van der Waals surface area contributed by atoms with Crippen LogP contribution in [0.1, 0.15) is 12.8 Å². The van der Waals surface area contributed by atoms with Crippen molar-refractivity contribution in [2.24, 2.45) is 5.41 Å². The first-order valence-electron chi connectivity index (χ1n) is 10.4. The van der Waals surface area contributed by atoms with Gasteiger partial charge >= 0.3 is 0 Å². The van der Waals surface area contributed by atoms with E-state index in [4.69, 9.17) is 11.6 Å². The summed E-state index contributed by atoms with van der Waals surface area (Å²) in [4.78, 5) is 11.3. The van der Waals surface area contributed by atoms with E-state index in [0.29, 0.717) is 23.2 Å². The number of nitriles is 1. The summed E-state index contributed by atoms with van der Waals surface area (Å²) in [6.07, 6.45) is 7.06. The summed E-state index contributed by atoms with van der Waals surface area (Å²) in [5.41, 5.74) is 3.28. The molecule has 8 nitrogen and oxygen atoms in total. The first-order chi connectivity index (χ1) is 15.1. The summed E-state index contributed by atoms with van der Waals surface area (Å²) < 4.78 is 1.80. The molecule has 0 amide bonds. The van der Waals surface area contributed by atoms with Crippen molar-refractivity contribution in [1.29, 1.82) is 5.26 Å². The molecule has 0 radical (unpaired) electrons. The van der Waals surface area contributed by atoms with Gasteiger partial charge in [0, 0.05) is 49.3 Å². The van der Waals surface area contributed by atoms with Gasteiger partial charge in [0.1, 0.15) is 0 Å². The molecule has 2 aliphatic rings. The van der Waals surface area contributed by atoms with Crippen LogP contribution in [0.25, 0.3) is 11.3 Å². The Morgan fingerprint density at radius 2 is 1.94 bits per heavy atom. The molecular weight excluding hydrogens is 412 g/mol. The molecule has 1 aliphatic carbocycles. The largest absolute Gasteiger partial charge is 0.369 e. The fourth-order valence-electron chi connectivity index (χ4n) is 3.78. The van der Waals surface area contributed by atoms with Gasteiger partial charge in [-0.2, -0.15) is 10.4 Å². The molecule has 1 saturated heterocycles. The Balaban J connectivity index is 1.31. The number of hydrogen-bond donors (Lipinski definition) is 2. The second-order valence-electron chi connectivity index (χ2n) is 8.12. The molecular formula is C22H23ClN8. The Labute approximate surface area is 185 Å². The molecule has 0 bridgehead atoms. The van der Waals surface area contributed by atoms with Crippen molar-refractivity contribution in [3.63, 3.8) is 0 Å². The van der Waals surface area contributed by atoms with Crippen LogP contribution in [0.5, 0.6) is 0 Å². The average molecular weight is 435 g/mol. The predicted molar refractivity (Wildman–Crippen MR) is 120 cm³/mol. The summed E-state index contributed by atoms with van der Waals surface area (Å²) in [6, 6.07) is 10.7. The van der Waals surface area contributed by atoms with Crippen molar-refractivity contribution < 1.29 is 0 Å². The SMILES string of the molecule is N#CC1(Cn2cc(-c3nc(Nc4ccc(N5CCNCC5)cc4)ncc3Cl)cn2)CC1. The van der Waals surface area contributed by atoms with Gasteiger partial charge in [0.25, 0.3) is 0 Å². The van der Waals surface area contributed by atoms with E-state index < -0.39 is 0 Å². The fraction of sp³-hybridized carbons (Fsp3) is 0.364. The van der Waals surface area contributed by atoms with Crippen LogP contribution in [0, 0.1) is 16.7 Å². The lowest BCUT2D eigenvalue weighted by molar-refractivity contribution is 0.486. The highest BCUT2D eigenvalue weighted by Gasteiger charge is 2.43. The summed E-state index contributed by atoms with van der Waals surface area (Å²) in [5, 5.41) is 20.8. The van der Waals surface area contributed by atoms with Gasteiger partial charge < -0.3 is 15.5 Å². The Morgan fingerprint density at radius 1 is 1.16 bits per heavy atom. The molecule has 1 aliphatic heterocycles. The van der Waals surface area contributed by atoms with Crippen LogP contribution in [0.2, 0.25) is 5.02 Å². The molecule has 2 fully saturated rings. The van der Waals surface area contributed by atoms with E-state index in [-0.39, 0.29) is 5.41 Å². The van der Waals surface area contributed by atoms with Gasteiger partial charge in [-0.05, 0) is 37.1 Å². The van der Waals surface area contributed by atoms with Gasteiger partial charge in [-0.15, -0.1) is 0 Å². The molecule has 31 heavy (non-hydrogen) atoms. The molecule has 5 rings (SSSR count). The standard InChI is InChI=1S/C22H23ClN8/c23-19-12-26-21(28-17-1-3-18(4-2-17)30-9-7-25-8-10-30)29-20(19)16-11-27-31(13-16)15-22(14-24)5-6-22/h1-4,11-13,25H,5-10,15H2,(H,26,28,29). The number of rotatable bonds is 6. The van der Waals surface area contributed by atoms with Crippen LogP contribution < -0.4 is 15.5 Å². The molecule has 2 N–H and O–H groups in total. The molecule has 9 heteroatoms. The van der Waals surface area contributed by atoms with E-state index >= 15 is 0 Å². The molecule has 3 heterocycles. The number of hydrogen-bond acceptors (Lipinski definition) is 7. The molecule has 158 valence electrons. The fourth-order valence-corrected chi connectivity index (χ4v) is 3.98. The van der Waals surface area contributed by atoms with Crippen molar-refractivity contribution in [2.45, 2.75) is 19.4 Å². The zero-order valence-corrected chi connectivity index (χ0v) is 17.8. The number of aromatic nitrogens is 4. The maximum absolute atomic E-state index is 9.31. The van der Waals surface area contributed by atoms with Crippen LogP contribution in [0.15, 0.2) is 42.9 Å². The lowest BCUT2D eigenvalue weighted by atomic mass is 10.1. The summed E-state index contributed by atoms with van der Waals surface area (Å²) in [5.74, 6) is 0.470. The first-order valence-corrected chi connectivity index (χ1v) is 10.8. The van der Waals surface area contributed by atoms with Crippen molar-refractivity contribution in [2.75, 3.05) is 36.4 Å². The van der Waals surface area contributed by atoms with E-state index in [2.05, 4.69) is 48.8 Å². The minimum atomic E-state index is -0.262. The molecule has 2 aromatic heterocycles. The Hall–Kier alpha value is -3.15. The normalized spacial score (nSPS) is 17.2. The minimum Gasteiger partial charge on any atom is -0.369 e.